The van der Waals surface area contributed by atoms with E-state index in [1.165, 1.54) is 0 Å². The third-order valence-electron chi connectivity index (χ3n) is 0.748. The molecule has 0 aromatic carbocycles. The molecule has 0 amide bonds. The van der Waals surface area contributed by atoms with Crippen LogP contribution in [-0.2, 0) is 24.7 Å². The Kier molecular flexibility index (Phi) is 1.42. The van der Waals surface area contributed by atoms with Gasteiger partial charge < -0.3 is 0 Å². The zero-order valence-electron chi connectivity index (χ0n) is 3.39. The van der Waals surface area contributed by atoms with E-state index in [4.69, 9.17) is 0 Å². The Labute approximate surface area is 52.8 Å². The van der Waals surface area contributed by atoms with Gasteiger partial charge in [-0.15, -0.1) is 0 Å². The predicted octanol–water partition coefficient (Wildman–Crippen LogP) is 1.45. The molecule has 0 spiro atoms. The maximum atomic E-state index is 2.21. The fraction of sp³-hybridized carbons (Fsp3) is 0.200. The summed E-state index contributed by atoms with van der Waals surface area (Å²) < 4.78 is 0.775. The van der Waals surface area contributed by atoms with Gasteiger partial charge in [0.15, 0.2) is 0 Å². The Morgan fingerprint density at radius 3 is 1.83 bits per heavy atom. The van der Waals surface area contributed by atoms with Crippen LogP contribution in [0, 0.1) is 0 Å². The molecular formula is C5H5Zr. The molecule has 1 rings (SSSR count). The van der Waals surface area contributed by atoms with Crippen molar-refractivity contribution in [2.45, 2.75) is 3.63 Å². The van der Waals surface area contributed by atoms with Crippen molar-refractivity contribution in [3.05, 3.63) is 24.3 Å². The van der Waals surface area contributed by atoms with E-state index in [2.05, 4.69) is 24.3 Å². The van der Waals surface area contributed by atoms with E-state index >= 15 is 0 Å². The Bertz CT molecular complexity index is 80.1. The third kappa shape index (κ3) is 0.910. The molecule has 0 N–H and O–H groups in total. The molecule has 0 aromatic rings. The average molecular weight is 156 g/mol. The number of allylic oxidation sites excluding steroid dienone is 4. The maximum absolute atomic E-state index is 2.21. The van der Waals surface area contributed by atoms with Crippen LogP contribution in [-0.4, -0.2) is 0 Å². The Balaban J connectivity index is 2.60. The van der Waals surface area contributed by atoms with Gasteiger partial charge in [0.1, 0.15) is 0 Å². The standard InChI is InChI=1S/C5H5.Zr/c1-2-4-5-3-1;/h1-5H;. The topological polar surface area (TPSA) is 0 Å². The molecule has 0 radical (unpaired) electrons. The molecule has 0 unspecified atom stereocenters. The first-order chi connectivity index (χ1) is 2.89. The van der Waals surface area contributed by atoms with E-state index in [0.717, 1.165) is 3.63 Å². The minimum atomic E-state index is 0.775. The van der Waals surface area contributed by atoms with E-state index in [9.17, 15) is 0 Å². The molecule has 1 aliphatic rings. The Morgan fingerprint density at radius 1 is 1.17 bits per heavy atom. The molecule has 1 heteroatoms. The SMILES string of the molecule is [Zr][CH]1C=CC=C1. The van der Waals surface area contributed by atoms with Gasteiger partial charge in [-0.05, 0) is 0 Å². The van der Waals surface area contributed by atoms with Crippen molar-refractivity contribution >= 4 is 0 Å². The first kappa shape index (κ1) is 4.52. The number of rotatable bonds is 0. The molecule has 0 aliphatic heterocycles. The second-order valence-electron chi connectivity index (χ2n) is 1.30. The van der Waals surface area contributed by atoms with Gasteiger partial charge in [-0.2, -0.15) is 0 Å². The zero-order chi connectivity index (χ0) is 4.41. The van der Waals surface area contributed by atoms with Gasteiger partial charge in [0, 0.05) is 0 Å². The zero-order valence-corrected chi connectivity index (χ0v) is 5.84. The van der Waals surface area contributed by atoms with Crippen molar-refractivity contribution in [3.63, 3.8) is 0 Å². The van der Waals surface area contributed by atoms with Crippen LogP contribution >= 0.6 is 0 Å². The number of hydrogen-bond donors (Lipinski definition) is 0. The van der Waals surface area contributed by atoms with E-state index in [-0.39, 0.29) is 0 Å². The van der Waals surface area contributed by atoms with Crippen molar-refractivity contribution in [2.24, 2.45) is 0 Å². The van der Waals surface area contributed by atoms with Crippen LogP contribution in [0.15, 0.2) is 24.3 Å². The molecule has 0 saturated carbocycles. The fourth-order valence-corrected chi connectivity index (χ4v) is 0.978. The van der Waals surface area contributed by atoms with Gasteiger partial charge in [-0.1, -0.05) is 0 Å². The van der Waals surface area contributed by atoms with Crippen molar-refractivity contribution < 1.29 is 24.7 Å². The Morgan fingerprint density at radius 2 is 1.67 bits per heavy atom. The van der Waals surface area contributed by atoms with Crippen LogP contribution in [0.2, 0.25) is 3.63 Å². The van der Waals surface area contributed by atoms with Gasteiger partial charge in [0.2, 0.25) is 0 Å². The van der Waals surface area contributed by atoms with E-state index < -0.39 is 0 Å². The summed E-state index contributed by atoms with van der Waals surface area (Å²) in [7, 11) is 0. The first-order valence-electron chi connectivity index (χ1n) is 1.96. The van der Waals surface area contributed by atoms with Crippen LogP contribution in [0.3, 0.4) is 0 Å². The van der Waals surface area contributed by atoms with Crippen LogP contribution in [0.25, 0.3) is 0 Å². The Hall–Kier alpha value is 0.363. The van der Waals surface area contributed by atoms with Gasteiger partial charge in [0.05, 0.1) is 0 Å². The summed E-state index contributed by atoms with van der Waals surface area (Å²) >= 11 is 1.59. The van der Waals surface area contributed by atoms with Crippen LogP contribution in [0.4, 0.5) is 0 Å². The van der Waals surface area contributed by atoms with Gasteiger partial charge in [-0.25, -0.2) is 0 Å². The second-order valence-corrected chi connectivity index (χ2v) is 2.93. The van der Waals surface area contributed by atoms with Crippen LogP contribution in [0.5, 0.6) is 0 Å². The molecule has 6 heavy (non-hydrogen) atoms. The predicted molar refractivity (Wildman–Crippen MR) is 22.0 cm³/mol. The normalized spacial score (nSPS) is 19.8. The van der Waals surface area contributed by atoms with Crippen molar-refractivity contribution in [3.8, 4) is 0 Å². The molecule has 0 saturated heterocycles. The monoisotopic (exact) mass is 155 g/mol. The second kappa shape index (κ2) is 1.88. The van der Waals surface area contributed by atoms with E-state index in [1.54, 1.807) is 24.7 Å². The van der Waals surface area contributed by atoms with Gasteiger partial charge >= 0.3 is 52.6 Å². The molecule has 29 valence electrons. The fourth-order valence-electron chi connectivity index (χ4n) is 0.432. The molecule has 0 aromatic heterocycles. The van der Waals surface area contributed by atoms with Gasteiger partial charge in [-0.3, -0.25) is 0 Å². The summed E-state index contributed by atoms with van der Waals surface area (Å²) in [5.41, 5.74) is 0. The molecule has 0 bridgehead atoms. The molecule has 0 fully saturated rings. The summed E-state index contributed by atoms with van der Waals surface area (Å²) in [5, 5.41) is 0. The molecule has 1 aliphatic carbocycles. The minimum absolute atomic E-state index is 0.775. The summed E-state index contributed by atoms with van der Waals surface area (Å²) in [4.78, 5) is 0. The molecule has 0 nitrogen and oxygen atoms in total. The molecule has 0 atom stereocenters. The summed E-state index contributed by atoms with van der Waals surface area (Å²) in [6, 6.07) is 0. The van der Waals surface area contributed by atoms with E-state index in [1.807, 2.05) is 0 Å². The van der Waals surface area contributed by atoms with Crippen molar-refractivity contribution in [1.82, 2.24) is 0 Å². The quantitative estimate of drug-likeness (QED) is 0.498. The van der Waals surface area contributed by atoms with E-state index in [0.29, 0.717) is 0 Å². The van der Waals surface area contributed by atoms with Crippen LogP contribution < -0.4 is 0 Å². The molecular weight excluding hydrogens is 151 g/mol. The summed E-state index contributed by atoms with van der Waals surface area (Å²) in [6.45, 7) is 0. The summed E-state index contributed by atoms with van der Waals surface area (Å²) in [5.74, 6) is 0. The third-order valence-corrected chi connectivity index (χ3v) is 1.69. The van der Waals surface area contributed by atoms with Gasteiger partial charge in [0.25, 0.3) is 0 Å². The van der Waals surface area contributed by atoms with Crippen molar-refractivity contribution in [1.29, 1.82) is 0 Å². The van der Waals surface area contributed by atoms with Crippen molar-refractivity contribution in [2.75, 3.05) is 0 Å². The summed E-state index contributed by atoms with van der Waals surface area (Å²) in [6.07, 6.45) is 8.61. The number of hydrogen-bond acceptors (Lipinski definition) is 0. The average Bonchev–Trinajstić information content (AvgIpc) is 1.86. The van der Waals surface area contributed by atoms with Crippen LogP contribution in [0.1, 0.15) is 0 Å². The molecule has 0 heterocycles. The first-order valence-corrected chi connectivity index (χ1v) is 3.37.